The zero-order valence-corrected chi connectivity index (χ0v) is 18.0. The number of nitrogens with one attached hydrogen (secondary N) is 1. The van der Waals surface area contributed by atoms with Crippen molar-refractivity contribution in [3.8, 4) is 5.75 Å². The minimum absolute atomic E-state index is 0.110. The Morgan fingerprint density at radius 3 is 2.62 bits per heavy atom. The van der Waals surface area contributed by atoms with Crippen LogP contribution in [-0.2, 0) is 14.8 Å². The molecule has 0 aromatic heterocycles. The van der Waals surface area contributed by atoms with Crippen LogP contribution in [0.3, 0.4) is 0 Å². The average molecular weight is 421 g/mol. The molecule has 2 heterocycles. The van der Waals surface area contributed by atoms with Crippen LogP contribution in [0.25, 0.3) is 0 Å². The van der Waals surface area contributed by atoms with E-state index in [1.807, 2.05) is 25.1 Å². The maximum atomic E-state index is 12.6. The summed E-state index contributed by atoms with van der Waals surface area (Å²) in [6, 6.07) is 8.34. The Kier molecular flexibility index (Phi) is 5.89. The lowest BCUT2D eigenvalue weighted by molar-refractivity contribution is -0.123. The van der Waals surface area contributed by atoms with Crippen LogP contribution >= 0.6 is 0 Å². The highest BCUT2D eigenvalue weighted by Crippen LogP contribution is 2.46. The Balaban J connectivity index is 1.47. The van der Waals surface area contributed by atoms with Gasteiger partial charge in [0.15, 0.2) is 0 Å². The monoisotopic (exact) mass is 420 g/mol. The molecule has 7 heteroatoms. The number of hydrogen-bond acceptors (Lipinski definition) is 4. The zero-order valence-electron chi connectivity index (χ0n) is 17.2. The van der Waals surface area contributed by atoms with Gasteiger partial charge in [-0.1, -0.05) is 25.1 Å². The van der Waals surface area contributed by atoms with E-state index in [0.717, 1.165) is 30.6 Å². The Hall–Kier alpha value is -1.60. The number of carbonyl (C=O) groups is 1. The lowest BCUT2D eigenvalue weighted by Gasteiger charge is -2.46. The molecule has 1 saturated heterocycles. The second kappa shape index (κ2) is 8.26. The van der Waals surface area contributed by atoms with Gasteiger partial charge in [-0.3, -0.25) is 4.79 Å². The number of para-hydroxylation sites is 1. The predicted molar refractivity (Wildman–Crippen MR) is 112 cm³/mol. The van der Waals surface area contributed by atoms with Gasteiger partial charge >= 0.3 is 0 Å². The van der Waals surface area contributed by atoms with Crippen molar-refractivity contribution in [2.45, 2.75) is 75.9 Å². The number of sulfonamides is 1. The molecule has 0 radical (unpaired) electrons. The van der Waals surface area contributed by atoms with Gasteiger partial charge in [0.1, 0.15) is 11.4 Å². The van der Waals surface area contributed by atoms with Crippen molar-refractivity contribution >= 4 is 15.9 Å². The first kappa shape index (κ1) is 20.7. The van der Waals surface area contributed by atoms with Gasteiger partial charge in [0.25, 0.3) is 0 Å². The van der Waals surface area contributed by atoms with Crippen molar-refractivity contribution < 1.29 is 17.9 Å². The highest BCUT2D eigenvalue weighted by molar-refractivity contribution is 7.89. The number of amides is 1. The molecule has 0 unspecified atom stereocenters. The quantitative estimate of drug-likeness (QED) is 0.767. The summed E-state index contributed by atoms with van der Waals surface area (Å²) in [5.41, 5.74) is 0.719. The topological polar surface area (TPSA) is 75.7 Å². The molecule has 160 valence electrons. The lowest BCUT2D eigenvalue weighted by Crippen LogP contribution is -2.52. The molecule has 1 atom stereocenters. The first-order chi connectivity index (χ1) is 13.9. The van der Waals surface area contributed by atoms with Gasteiger partial charge in [0.2, 0.25) is 15.9 Å². The van der Waals surface area contributed by atoms with E-state index in [-0.39, 0.29) is 23.2 Å². The van der Waals surface area contributed by atoms with Gasteiger partial charge in [-0.15, -0.1) is 0 Å². The van der Waals surface area contributed by atoms with Crippen LogP contribution in [0.4, 0.5) is 0 Å². The molecule has 4 rings (SSSR count). The van der Waals surface area contributed by atoms with E-state index in [4.69, 9.17) is 4.74 Å². The average Bonchev–Trinajstić information content (AvgIpc) is 2.65. The van der Waals surface area contributed by atoms with Crippen LogP contribution < -0.4 is 10.1 Å². The molecular formula is C22H32N2O4S. The summed E-state index contributed by atoms with van der Waals surface area (Å²) >= 11 is 0. The van der Waals surface area contributed by atoms with E-state index >= 15 is 0 Å². The molecule has 1 aromatic carbocycles. The van der Waals surface area contributed by atoms with E-state index in [1.54, 1.807) is 4.31 Å². The van der Waals surface area contributed by atoms with Crippen molar-refractivity contribution in [1.29, 1.82) is 0 Å². The fourth-order valence-electron chi connectivity index (χ4n) is 4.85. The number of hydrogen-bond donors (Lipinski definition) is 1. The van der Waals surface area contributed by atoms with Gasteiger partial charge < -0.3 is 10.1 Å². The SMILES string of the molecule is CCCS(=O)(=O)N1CCC2(CC1)C[C@H](CC(=O)NC1CCC1)c1ccccc1O2. The second-order valence-corrected chi connectivity index (χ2v) is 10.9. The molecule has 1 amide bonds. The standard InChI is InChI=1S/C22H32N2O4S/c1-2-14-29(26,27)24-12-10-22(11-13-24)16-17(15-21(25)23-18-6-5-7-18)19-8-3-4-9-20(19)28-22/h3-4,8-9,17-18H,2,5-7,10-16H2,1H3,(H,23,25)/t17-/m0/s1. The minimum Gasteiger partial charge on any atom is -0.487 e. The third-order valence-corrected chi connectivity index (χ3v) is 8.77. The summed E-state index contributed by atoms with van der Waals surface area (Å²) < 4.78 is 32.9. The summed E-state index contributed by atoms with van der Waals surface area (Å²) in [6.07, 6.45) is 6.58. The van der Waals surface area contributed by atoms with Gasteiger partial charge in [-0.25, -0.2) is 12.7 Å². The summed E-state index contributed by atoms with van der Waals surface area (Å²) in [5.74, 6) is 1.28. The summed E-state index contributed by atoms with van der Waals surface area (Å²) in [5, 5.41) is 3.16. The van der Waals surface area contributed by atoms with Crippen LogP contribution in [-0.4, -0.2) is 49.1 Å². The van der Waals surface area contributed by atoms with Crippen molar-refractivity contribution in [1.82, 2.24) is 9.62 Å². The predicted octanol–water partition coefficient (Wildman–Crippen LogP) is 3.19. The first-order valence-corrected chi connectivity index (χ1v) is 12.6. The summed E-state index contributed by atoms with van der Waals surface area (Å²) in [4.78, 5) is 12.6. The van der Waals surface area contributed by atoms with Crippen molar-refractivity contribution in [3.63, 3.8) is 0 Å². The molecule has 0 bridgehead atoms. The van der Waals surface area contributed by atoms with Gasteiger partial charge in [-0.05, 0) is 43.7 Å². The minimum atomic E-state index is -3.18. The second-order valence-electron chi connectivity index (χ2n) is 8.84. The van der Waals surface area contributed by atoms with Crippen LogP contribution in [0.15, 0.2) is 24.3 Å². The molecule has 1 saturated carbocycles. The number of nitrogens with zero attached hydrogens (tertiary/aromatic N) is 1. The Morgan fingerprint density at radius 2 is 1.97 bits per heavy atom. The van der Waals surface area contributed by atoms with E-state index in [1.165, 1.54) is 6.42 Å². The Labute approximate surface area is 174 Å². The molecule has 1 aliphatic carbocycles. The van der Waals surface area contributed by atoms with Crippen molar-refractivity contribution in [2.24, 2.45) is 0 Å². The van der Waals surface area contributed by atoms with Crippen LogP contribution in [0.5, 0.6) is 5.75 Å². The zero-order chi connectivity index (χ0) is 20.5. The van der Waals surface area contributed by atoms with Crippen molar-refractivity contribution in [3.05, 3.63) is 29.8 Å². The lowest BCUT2D eigenvalue weighted by atomic mass is 9.76. The highest BCUT2D eigenvalue weighted by atomic mass is 32.2. The number of carbonyl (C=O) groups excluding carboxylic acids is 1. The number of fused-ring (bicyclic) bond motifs is 1. The van der Waals surface area contributed by atoms with E-state index in [0.29, 0.717) is 44.8 Å². The number of ether oxygens (including phenoxy) is 1. The molecule has 3 aliphatic rings. The first-order valence-electron chi connectivity index (χ1n) is 11.0. The van der Waals surface area contributed by atoms with Crippen LogP contribution in [0.1, 0.15) is 69.8 Å². The summed E-state index contributed by atoms with van der Waals surface area (Å²) in [7, 11) is -3.18. The Morgan fingerprint density at radius 1 is 1.24 bits per heavy atom. The normalized spacial score (nSPS) is 24.4. The number of rotatable bonds is 6. The third-order valence-electron chi connectivity index (χ3n) is 6.69. The van der Waals surface area contributed by atoms with Gasteiger partial charge in [0.05, 0.1) is 5.75 Å². The Bertz CT molecular complexity index is 842. The third kappa shape index (κ3) is 4.45. The molecule has 1 spiro atoms. The number of piperidine rings is 1. The molecule has 6 nitrogen and oxygen atoms in total. The largest absolute Gasteiger partial charge is 0.487 e. The molecule has 1 N–H and O–H groups in total. The maximum absolute atomic E-state index is 12.6. The number of benzene rings is 1. The van der Waals surface area contributed by atoms with E-state index < -0.39 is 10.0 Å². The molecule has 2 fully saturated rings. The molecule has 1 aromatic rings. The van der Waals surface area contributed by atoms with Crippen LogP contribution in [0.2, 0.25) is 0 Å². The summed E-state index contributed by atoms with van der Waals surface area (Å²) in [6.45, 7) is 2.88. The van der Waals surface area contributed by atoms with E-state index in [2.05, 4.69) is 11.4 Å². The molecule has 29 heavy (non-hydrogen) atoms. The maximum Gasteiger partial charge on any atom is 0.220 e. The van der Waals surface area contributed by atoms with Crippen molar-refractivity contribution in [2.75, 3.05) is 18.8 Å². The van der Waals surface area contributed by atoms with E-state index in [9.17, 15) is 13.2 Å². The van der Waals surface area contributed by atoms with Gasteiger partial charge in [-0.2, -0.15) is 0 Å². The highest BCUT2D eigenvalue weighted by Gasteiger charge is 2.45. The molecule has 2 aliphatic heterocycles. The molecular weight excluding hydrogens is 388 g/mol. The smallest absolute Gasteiger partial charge is 0.220 e. The fraction of sp³-hybridized carbons (Fsp3) is 0.682. The fourth-order valence-corrected chi connectivity index (χ4v) is 6.37. The van der Waals surface area contributed by atoms with Gasteiger partial charge in [0, 0.05) is 44.3 Å². The van der Waals surface area contributed by atoms with Crippen LogP contribution in [0, 0.1) is 0 Å².